The van der Waals surface area contributed by atoms with Gasteiger partial charge in [0.25, 0.3) is 0 Å². The fraction of sp³-hybridized carbons (Fsp3) is 0.0270. The van der Waals surface area contributed by atoms with Gasteiger partial charge in [-0.3, -0.25) is 0 Å². The lowest BCUT2D eigenvalue weighted by molar-refractivity contribution is 0.415. The van der Waals surface area contributed by atoms with Crippen molar-refractivity contribution in [2.24, 2.45) is 0 Å². The normalized spacial score (nSPS) is 11.2. The van der Waals surface area contributed by atoms with Gasteiger partial charge in [-0.05, 0) is 68.9 Å². The van der Waals surface area contributed by atoms with Crippen LogP contribution >= 0.6 is 0 Å². The summed E-state index contributed by atoms with van der Waals surface area (Å²) in [5.41, 5.74) is 5.78. The molecule has 0 spiro atoms. The van der Waals surface area contributed by atoms with Crippen molar-refractivity contribution >= 4 is 49.4 Å². The average Bonchev–Trinajstić information content (AvgIpc) is 3.01. The molecule has 0 aliphatic carbocycles. The first-order valence-electron chi connectivity index (χ1n) is 13.2. The Kier molecular flexibility index (Phi) is 5.71. The molecule has 7 aromatic carbocycles. The summed E-state index contributed by atoms with van der Waals surface area (Å²) in [5.74, 6) is 0.837. The minimum Gasteiger partial charge on any atom is -0.497 e. The molecule has 7 aromatic rings. The van der Waals surface area contributed by atoms with Crippen molar-refractivity contribution in [2.75, 3.05) is 12.0 Å². The fourth-order valence-electron chi connectivity index (χ4n) is 5.72. The minimum atomic E-state index is 0.837. The van der Waals surface area contributed by atoms with E-state index >= 15 is 0 Å². The van der Waals surface area contributed by atoms with E-state index in [0.29, 0.717) is 0 Å². The Balaban J connectivity index is 1.60. The molecule has 0 saturated carbocycles. The molecule has 39 heavy (non-hydrogen) atoms. The SMILES string of the molecule is COc1ccc(N(c2ccc3ccccc3c2-c2cccc3ccccc23)c2cccc3ccccc23)cc1. The first-order chi connectivity index (χ1) is 19.3. The molecule has 0 aromatic heterocycles. The van der Waals surface area contributed by atoms with E-state index in [0.717, 1.165) is 22.8 Å². The Morgan fingerprint density at radius 2 is 1.00 bits per heavy atom. The van der Waals surface area contributed by atoms with E-state index in [1.165, 1.54) is 43.4 Å². The molecular weight excluding hydrogens is 474 g/mol. The van der Waals surface area contributed by atoms with Crippen molar-refractivity contribution in [2.45, 2.75) is 0 Å². The van der Waals surface area contributed by atoms with Crippen molar-refractivity contribution in [3.8, 4) is 16.9 Å². The highest BCUT2D eigenvalue weighted by atomic mass is 16.5. The lowest BCUT2D eigenvalue weighted by Crippen LogP contribution is -2.12. The van der Waals surface area contributed by atoms with Crippen LogP contribution in [0.2, 0.25) is 0 Å². The number of anilines is 3. The molecule has 0 bridgehead atoms. The van der Waals surface area contributed by atoms with Crippen molar-refractivity contribution < 1.29 is 4.74 Å². The van der Waals surface area contributed by atoms with E-state index < -0.39 is 0 Å². The highest BCUT2D eigenvalue weighted by molar-refractivity contribution is 6.12. The summed E-state index contributed by atoms with van der Waals surface area (Å²) in [6.07, 6.45) is 0. The zero-order valence-corrected chi connectivity index (χ0v) is 21.7. The van der Waals surface area contributed by atoms with Crippen LogP contribution in [0.5, 0.6) is 5.75 Å². The maximum Gasteiger partial charge on any atom is 0.119 e. The van der Waals surface area contributed by atoms with Gasteiger partial charge in [0.15, 0.2) is 0 Å². The molecule has 0 fully saturated rings. The molecular formula is C37H27NO. The molecule has 0 aliphatic rings. The van der Waals surface area contributed by atoms with Crippen LogP contribution in [-0.2, 0) is 0 Å². The summed E-state index contributed by atoms with van der Waals surface area (Å²) in [5, 5.41) is 7.33. The van der Waals surface area contributed by atoms with Gasteiger partial charge in [0.1, 0.15) is 5.75 Å². The number of fused-ring (bicyclic) bond motifs is 3. The van der Waals surface area contributed by atoms with Crippen molar-refractivity contribution in [1.29, 1.82) is 0 Å². The topological polar surface area (TPSA) is 12.5 Å². The number of rotatable bonds is 5. The Morgan fingerprint density at radius 3 is 1.72 bits per heavy atom. The zero-order chi connectivity index (χ0) is 26.2. The predicted molar refractivity (Wildman–Crippen MR) is 166 cm³/mol. The third kappa shape index (κ3) is 3.98. The van der Waals surface area contributed by atoms with Crippen LogP contribution < -0.4 is 9.64 Å². The van der Waals surface area contributed by atoms with Gasteiger partial charge in [-0.25, -0.2) is 0 Å². The summed E-state index contributed by atoms with van der Waals surface area (Å²) in [7, 11) is 1.71. The largest absolute Gasteiger partial charge is 0.497 e. The number of hydrogen-bond donors (Lipinski definition) is 0. The van der Waals surface area contributed by atoms with Gasteiger partial charge in [0, 0.05) is 16.6 Å². The summed E-state index contributed by atoms with van der Waals surface area (Å²) in [4.78, 5) is 2.39. The first kappa shape index (κ1) is 23.1. The number of hydrogen-bond acceptors (Lipinski definition) is 2. The second-order valence-corrected chi connectivity index (χ2v) is 9.74. The van der Waals surface area contributed by atoms with E-state index in [-0.39, 0.29) is 0 Å². The van der Waals surface area contributed by atoms with Gasteiger partial charge >= 0.3 is 0 Å². The van der Waals surface area contributed by atoms with Gasteiger partial charge in [0.05, 0.1) is 18.5 Å². The highest BCUT2D eigenvalue weighted by Gasteiger charge is 2.22. The maximum absolute atomic E-state index is 5.51. The Labute approximate surface area is 228 Å². The molecule has 186 valence electrons. The molecule has 0 unspecified atom stereocenters. The van der Waals surface area contributed by atoms with Gasteiger partial charge in [-0.1, -0.05) is 109 Å². The molecule has 2 nitrogen and oxygen atoms in total. The molecule has 0 amide bonds. The first-order valence-corrected chi connectivity index (χ1v) is 13.2. The molecule has 0 saturated heterocycles. The van der Waals surface area contributed by atoms with Crippen LogP contribution in [0.1, 0.15) is 0 Å². The average molecular weight is 502 g/mol. The zero-order valence-electron chi connectivity index (χ0n) is 21.7. The van der Waals surface area contributed by atoms with Crippen LogP contribution in [0.25, 0.3) is 43.4 Å². The van der Waals surface area contributed by atoms with Gasteiger partial charge < -0.3 is 9.64 Å². The minimum absolute atomic E-state index is 0.837. The van der Waals surface area contributed by atoms with Gasteiger partial charge in [-0.15, -0.1) is 0 Å². The van der Waals surface area contributed by atoms with Crippen LogP contribution in [0.15, 0.2) is 146 Å². The molecule has 0 atom stereocenters. The lowest BCUT2D eigenvalue weighted by Gasteiger charge is -2.30. The van der Waals surface area contributed by atoms with Gasteiger partial charge in [0.2, 0.25) is 0 Å². The monoisotopic (exact) mass is 501 g/mol. The Morgan fingerprint density at radius 1 is 0.436 bits per heavy atom. The van der Waals surface area contributed by atoms with E-state index in [1.807, 2.05) is 12.1 Å². The van der Waals surface area contributed by atoms with Crippen molar-refractivity contribution in [3.63, 3.8) is 0 Å². The summed E-state index contributed by atoms with van der Waals surface area (Å²) in [6, 6.07) is 51.9. The fourth-order valence-corrected chi connectivity index (χ4v) is 5.72. The second-order valence-electron chi connectivity index (χ2n) is 9.74. The number of nitrogens with zero attached hydrogens (tertiary/aromatic N) is 1. The third-order valence-electron chi connectivity index (χ3n) is 7.55. The summed E-state index contributed by atoms with van der Waals surface area (Å²) >= 11 is 0. The Hall–Kier alpha value is -5.08. The molecule has 7 rings (SSSR count). The number of methoxy groups -OCH3 is 1. The van der Waals surface area contributed by atoms with Crippen molar-refractivity contribution in [1.82, 2.24) is 0 Å². The molecule has 0 aliphatic heterocycles. The number of ether oxygens (including phenoxy) is 1. The maximum atomic E-state index is 5.51. The van der Waals surface area contributed by atoms with E-state index in [1.54, 1.807) is 7.11 Å². The van der Waals surface area contributed by atoms with Crippen LogP contribution in [0.4, 0.5) is 17.1 Å². The summed E-state index contributed by atoms with van der Waals surface area (Å²) in [6.45, 7) is 0. The van der Waals surface area contributed by atoms with Gasteiger partial charge in [-0.2, -0.15) is 0 Å². The third-order valence-corrected chi connectivity index (χ3v) is 7.55. The van der Waals surface area contributed by atoms with E-state index in [2.05, 4.69) is 138 Å². The van der Waals surface area contributed by atoms with E-state index in [9.17, 15) is 0 Å². The van der Waals surface area contributed by atoms with Crippen LogP contribution in [0.3, 0.4) is 0 Å². The number of benzene rings is 7. The standard InChI is InChI=1S/C37H27NO/c1-39-30-23-21-29(22-24-30)38(35-19-9-14-27-11-3-6-16-32(27)35)36-25-20-28-12-4-7-17-33(28)37(36)34-18-8-13-26-10-2-5-15-31(26)34/h2-25H,1H3. The summed E-state index contributed by atoms with van der Waals surface area (Å²) < 4.78 is 5.51. The Bertz CT molecular complexity index is 1950. The van der Waals surface area contributed by atoms with Crippen LogP contribution in [-0.4, -0.2) is 7.11 Å². The predicted octanol–water partition coefficient (Wildman–Crippen LogP) is 10.3. The highest BCUT2D eigenvalue weighted by Crippen LogP contribution is 2.47. The molecule has 0 heterocycles. The van der Waals surface area contributed by atoms with Crippen LogP contribution in [0, 0.1) is 0 Å². The van der Waals surface area contributed by atoms with Crippen molar-refractivity contribution in [3.05, 3.63) is 146 Å². The molecule has 0 N–H and O–H groups in total. The van der Waals surface area contributed by atoms with E-state index in [4.69, 9.17) is 4.74 Å². The molecule has 2 heteroatoms. The quantitative estimate of drug-likeness (QED) is 0.233. The smallest absolute Gasteiger partial charge is 0.119 e. The lowest BCUT2D eigenvalue weighted by atomic mass is 9.91. The molecule has 0 radical (unpaired) electrons. The second kappa shape index (κ2) is 9.66.